The smallest absolute Gasteiger partial charge is 0.339 e. The predicted octanol–water partition coefficient (Wildman–Crippen LogP) is 5.38. The van der Waals surface area contributed by atoms with Crippen LogP contribution in [0.5, 0.6) is 17.2 Å². The largest absolute Gasteiger partial charge is 0.504 e. The highest BCUT2D eigenvalue weighted by Crippen LogP contribution is 2.36. The number of ether oxygens (including phenoxy) is 1. The van der Waals surface area contributed by atoms with E-state index in [1.54, 1.807) is 13.0 Å². The lowest BCUT2D eigenvalue weighted by Gasteiger charge is -2.26. The van der Waals surface area contributed by atoms with Crippen molar-refractivity contribution in [2.24, 2.45) is 0 Å². The van der Waals surface area contributed by atoms with Gasteiger partial charge in [0, 0.05) is 0 Å². The number of allylic oxidation sites excluding steroid dienone is 4. The number of aromatic hydroxyl groups is 3. The molecular weight excluding hydrogens is 344 g/mol. The first-order valence-electron chi connectivity index (χ1n) is 8.99. The number of phenolic OH excluding ortho intramolecular Hbond substituents is 3. The Labute approximate surface area is 161 Å². The second kappa shape index (κ2) is 9.86. The lowest BCUT2D eigenvalue weighted by molar-refractivity contribution is 0.00826. The molecule has 3 N–H and O–H groups in total. The number of esters is 1. The Hall–Kier alpha value is -2.69. The van der Waals surface area contributed by atoms with E-state index in [0.29, 0.717) is 6.42 Å². The summed E-state index contributed by atoms with van der Waals surface area (Å²) in [7, 11) is 0. The number of carbonyl (C=O) groups is 1. The number of hydrogen-bond donors (Lipinski definition) is 3. The first-order valence-corrected chi connectivity index (χ1v) is 8.99. The maximum Gasteiger partial charge on any atom is 0.339 e. The van der Waals surface area contributed by atoms with Gasteiger partial charge in [0.2, 0.25) is 0 Å². The molecule has 0 fully saturated rings. The van der Waals surface area contributed by atoms with E-state index >= 15 is 0 Å². The topological polar surface area (TPSA) is 87.0 Å². The van der Waals surface area contributed by atoms with Gasteiger partial charge in [-0.3, -0.25) is 0 Å². The molecule has 0 aliphatic heterocycles. The molecule has 1 aromatic carbocycles. The fraction of sp³-hybridized carbons (Fsp3) is 0.409. The summed E-state index contributed by atoms with van der Waals surface area (Å²) < 4.78 is 5.52. The third-order valence-electron chi connectivity index (χ3n) is 4.29. The minimum Gasteiger partial charge on any atom is -0.504 e. The summed E-state index contributed by atoms with van der Waals surface area (Å²) in [5.41, 5.74) is 1.64. The first kappa shape index (κ1) is 22.4. The predicted molar refractivity (Wildman–Crippen MR) is 107 cm³/mol. The highest BCUT2D eigenvalue weighted by molar-refractivity contribution is 5.91. The van der Waals surface area contributed by atoms with Crippen LogP contribution in [0, 0.1) is 0 Å². The van der Waals surface area contributed by atoms with Crippen LogP contribution < -0.4 is 0 Å². The van der Waals surface area contributed by atoms with Gasteiger partial charge < -0.3 is 20.1 Å². The zero-order valence-corrected chi connectivity index (χ0v) is 16.6. The van der Waals surface area contributed by atoms with Crippen molar-refractivity contribution in [3.8, 4) is 17.2 Å². The van der Waals surface area contributed by atoms with Gasteiger partial charge in [0.1, 0.15) is 5.60 Å². The van der Waals surface area contributed by atoms with Crippen LogP contribution in [0.25, 0.3) is 0 Å². The molecule has 1 atom stereocenters. The zero-order chi connectivity index (χ0) is 20.6. The fourth-order valence-corrected chi connectivity index (χ4v) is 2.48. The van der Waals surface area contributed by atoms with Gasteiger partial charge in [0.25, 0.3) is 0 Å². The number of carbonyl (C=O) groups excluding carboxylic acids is 1. The molecule has 1 aromatic rings. The van der Waals surface area contributed by atoms with Crippen molar-refractivity contribution < 1.29 is 24.9 Å². The maximum absolute atomic E-state index is 12.3. The van der Waals surface area contributed by atoms with E-state index in [0.717, 1.165) is 31.4 Å². The standard InChI is InChI=1S/C22H30O5/c1-6-22(5,12-8-11-16(4)10-7-9-15(2)3)27-21(26)17-13-18(23)20(25)19(24)14-17/h6,9,11,13-14,23-25H,1,7-8,10,12H2,2-5H3/b16-11+. The SMILES string of the molecule is C=CC(C)(CC/C=C(\C)CCC=C(C)C)OC(=O)c1cc(O)c(O)c(O)c1. The van der Waals surface area contributed by atoms with E-state index in [4.69, 9.17) is 4.74 Å². The van der Waals surface area contributed by atoms with Crippen molar-refractivity contribution in [2.45, 2.75) is 59.0 Å². The van der Waals surface area contributed by atoms with E-state index in [9.17, 15) is 20.1 Å². The van der Waals surface area contributed by atoms with Crippen LogP contribution in [0.15, 0.2) is 48.1 Å². The molecule has 27 heavy (non-hydrogen) atoms. The Morgan fingerprint density at radius 2 is 1.70 bits per heavy atom. The average Bonchev–Trinajstić information content (AvgIpc) is 2.58. The molecule has 0 saturated heterocycles. The molecule has 1 rings (SSSR count). The summed E-state index contributed by atoms with van der Waals surface area (Å²) in [5.74, 6) is -2.56. The minimum atomic E-state index is -0.892. The normalized spacial score (nSPS) is 13.6. The molecule has 0 aliphatic rings. The molecule has 0 heterocycles. The Kier molecular flexibility index (Phi) is 8.16. The molecule has 148 valence electrons. The van der Waals surface area contributed by atoms with E-state index in [1.807, 2.05) is 0 Å². The van der Waals surface area contributed by atoms with Crippen LogP contribution in [-0.2, 0) is 4.74 Å². The minimum absolute atomic E-state index is 0.0516. The van der Waals surface area contributed by atoms with Gasteiger partial charge in [-0.05, 0) is 71.6 Å². The summed E-state index contributed by atoms with van der Waals surface area (Å²) in [6, 6.07) is 2.10. The summed E-state index contributed by atoms with van der Waals surface area (Å²) in [5, 5.41) is 28.5. The van der Waals surface area contributed by atoms with Crippen molar-refractivity contribution in [1.82, 2.24) is 0 Å². The maximum atomic E-state index is 12.3. The van der Waals surface area contributed by atoms with Crippen molar-refractivity contribution in [2.75, 3.05) is 0 Å². The van der Waals surface area contributed by atoms with Gasteiger partial charge in [-0.25, -0.2) is 4.79 Å². The molecule has 5 heteroatoms. The summed E-state index contributed by atoms with van der Waals surface area (Å²) in [6.07, 6.45) is 9.17. The van der Waals surface area contributed by atoms with E-state index in [2.05, 4.69) is 39.5 Å². The van der Waals surface area contributed by atoms with Gasteiger partial charge in [-0.15, -0.1) is 0 Å². The van der Waals surface area contributed by atoms with E-state index in [1.165, 1.54) is 11.1 Å². The Bertz CT molecular complexity index is 718. The summed E-state index contributed by atoms with van der Waals surface area (Å²) in [4.78, 5) is 12.3. The zero-order valence-electron chi connectivity index (χ0n) is 16.6. The lowest BCUT2D eigenvalue weighted by Crippen LogP contribution is -2.29. The second-order valence-corrected chi connectivity index (χ2v) is 7.18. The third kappa shape index (κ3) is 7.21. The molecule has 0 bridgehead atoms. The van der Waals surface area contributed by atoms with Gasteiger partial charge in [-0.2, -0.15) is 0 Å². The van der Waals surface area contributed by atoms with Crippen molar-refractivity contribution in [3.05, 3.63) is 53.6 Å². The number of phenols is 3. The first-order chi connectivity index (χ1) is 12.6. The van der Waals surface area contributed by atoms with Gasteiger partial charge in [0.05, 0.1) is 5.56 Å². The Balaban J connectivity index is 2.71. The van der Waals surface area contributed by atoms with Crippen LogP contribution in [0.1, 0.15) is 63.7 Å². The number of hydrogen-bond acceptors (Lipinski definition) is 5. The van der Waals surface area contributed by atoms with Crippen LogP contribution in [0.2, 0.25) is 0 Å². The van der Waals surface area contributed by atoms with Gasteiger partial charge in [0.15, 0.2) is 17.2 Å². The van der Waals surface area contributed by atoms with Crippen molar-refractivity contribution in [3.63, 3.8) is 0 Å². The Morgan fingerprint density at radius 3 is 2.22 bits per heavy atom. The molecule has 0 spiro atoms. The fourth-order valence-electron chi connectivity index (χ4n) is 2.48. The lowest BCUT2D eigenvalue weighted by atomic mass is 9.98. The number of rotatable bonds is 9. The van der Waals surface area contributed by atoms with E-state index in [-0.39, 0.29) is 5.56 Å². The second-order valence-electron chi connectivity index (χ2n) is 7.18. The van der Waals surface area contributed by atoms with Crippen molar-refractivity contribution in [1.29, 1.82) is 0 Å². The van der Waals surface area contributed by atoms with Crippen LogP contribution in [0.3, 0.4) is 0 Å². The van der Waals surface area contributed by atoms with E-state index < -0.39 is 28.8 Å². The van der Waals surface area contributed by atoms with Crippen LogP contribution in [-0.4, -0.2) is 26.9 Å². The van der Waals surface area contributed by atoms with Gasteiger partial charge >= 0.3 is 5.97 Å². The highest BCUT2D eigenvalue weighted by Gasteiger charge is 2.26. The molecule has 0 saturated carbocycles. The monoisotopic (exact) mass is 374 g/mol. The molecule has 0 aliphatic carbocycles. The van der Waals surface area contributed by atoms with Crippen LogP contribution in [0.4, 0.5) is 0 Å². The average molecular weight is 374 g/mol. The molecule has 5 nitrogen and oxygen atoms in total. The summed E-state index contributed by atoms with van der Waals surface area (Å²) >= 11 is 0. The quantitative estimate of drug-likeness (QED) is 0.307. The molecule has 0 radical (unpaired) electrons. The molecular formula is C22H30O5. The molecule has 0 aromatic heterocycles. The van der Waals surface area contributed by atoms with Crippen molar-refractivity contribution >= 4 is 5.97 Å². The summed E-state index contributed by atoms with van der Waals surface area (Å²) in [6.45, 7) is 11.7. The Morgan fingerprint density at radius 1 is 1.11 bits per heavy atom. The van der Waals surface area contributed by atoms with Gasteiger partial charge in [-0.1, -0.05) is 29.9 Å². The molecule has 1 unspecified atom stereocenters. The van der Waals surface area contributed by atoms with Crippen LogP contribution >= 0.6 is 0 Å². The molecule has 0 amide bonds. The third-order valence-corrected chi connectivity index (χ3v) is 4.29. The highest BCUT2D eigenvalue weighted by atomic mass is 16.6. The number of benzene rings is 1.